The summed E-state index contributed by atoms with van der Waals surface area (Å²) >= 11 is 0. The largest absolute Gasteiger partial charge is 0.350 e. The lowest BCUT2D eigenvalue weighted by Gasteiger charge is -2.08. The van der Waals surface area contributed by atoms with Crippen molar-refractivity contribution in [2.24, 2.45) is 0 Å². The highest BCUT2D eigenvalue weighted by Gasteiger charge is 2.10. The van der Waals surface area contributed by atoms with Crippen molar-refractivity contribution in [3.8, 4) is 12.3 Å². The number of nitrogens with one attached hydrogen (secondary N) is 1. The fraction of sp³-hybridized carbons (Fsp3) is 0. The quantitative estimate of drug-likeness (QED) is 0.798. The molecule has 0 unspecified atom stereocenters. The van der Waals surface area contributed by atoms with Crippen LogP contribution in [0.25, 0.3) is 0 Å². The van der Waals surface area contributed by atoms with Gasteiger partial charge in [0.2, 0.25) is 0 Å². The first-order valence-corrected chi connectivity index (χ1v) is 5.00. The summed E-state index contributed by atoms with van der Waals surface area (Å²) in [5.41, 5.74) is 0.0962. The maximum absolute atomic E-state index is 13.6. The van der Waals surface area contributed by atoms with Crippen molar-refractivity contribution >= 4 is 11.4 Å². The molecule has 2 rings (SSSR count). The summed E-state index contributed by atoms with van der Waals surface area (Å²) in [6, 6.07) is 8.54. The molecule has 0 aliphatic rings. The van der Waals surface area contributed by atoms with E-state index in [-0.39, 0.29) is 11.4 Å². The van der Waals surface area contributed by atoms with E-state index in [0.29, 0.717) is 5.56 Å². The van der Waals surface area contributed by atoms with Gasteiger partial charge in [0.05, 0.1) is 11.4 Å². The summed E-state index contributed by atoms with van der Waals surface area (Å²) in [6.07, 6.45) is 5.11. The van der Waals surface area contributed by atoms with Crippen molar-refractivity contribution < 1.29 is 13.2 Å². The van der Waals surface area contributed by atoms with Crippen molar-refractivity contribution in [1.29, 1.82) is 0 Å². The number of halogens is 3. The van der Waals surface area contributed by atoms with Crippen LogP contribution in [0.15, 0.2) is 30.3 Å². The van der Waals surface area contributed by atoms with Gasteiger partial charge in [0.15, 0.2) is 11.6 Å². The molecule has 2 aromatic carbocycles. The summed E-state index contributed by atoms with van der Waals surface area (Å²) in [4.78, 5) is 0. The van der Waals surface area contributed by atoms with Crippen LogP contribution in [0.1, 0.15) is 5.56 Å². The molecule has 0 aliphatic heterocycles. The van der Waals surface area contributed by atoms with Crippen LogP contribution in [-0.4, -0.2) is 0 Å². The van der Waals surface area contributed by atoms with Crippen LogP contribution in [-0.2, 0) is 0 Å². The molecule has 0 saturated heterocycles. The molecule has 1 nitrogen and oxygen atoms in total. The zero-order valence-electron chi connectivity index (χ0n) is 9.10. The molecule has 0 spiro atoms. The van der Waals surface area contributed by atoms with E-state index >= 15 is 0 Å². The van der Waals surface area contributed by atoms with Crippen LogP contribution < -0.4 is 5.32 Å². The van der Waals surface area contributed by atoms with Crippen molar-refractivity contribution in [3.63, 3.8) is 0 Å². The lowest BCUT2D eigenvalue weighted by atomic mass is 10.2. The van der Waals surface area contributed by atoms with Crippen molar-refractivity contribution in [3.05, 3.63) is 59.4 Å². The molecule has 0 aliphatic carbocycles. The number of benzene rings is 2. The van der Waals surface area contributed by atoms with E-state index in [1.165, 1.54) is 18.2 Å². The maximum Gasteiger partial charge on any atom is 0.182 e. The minimum absolute atomic E-state index is 0.00486. The minimum Gasteiger partial charge on any atom is -0.350 e. The van der Waals surface area contributed by atoms with Gasteiger partial charge >= 0.3 is 0 Å². The lowest BCUT2D eigenvalue weighted by molar-refractivity contribution is 0.511. The maximum atomic E-state index is 13.6. The normalized spacial score (nSPS) is 9.89. The van der Waals surface area contributed by atoms with E-state index in [9.17, 15) is 13.2 Å². The second-order valence-electron chi connectivity index (χ2n) is 3.48. The standard InChI is InChI=1S/C14H7F3N/c1-2-9-6-7-12(11(16)8-9)18-13-5-3-4-10(15)14(13)17/h1,3-4,6-8,18H. The van der Waals surface area contributed by atoms with Gasteiger partial charge in [-0.05, 0) is 30.3 Å². The average Bonchev–Trinajstić information content (AvgIpc) is 2.37. The van der Waals surface area contributed by atoms with Gasteiger partial charge in [-0.1, -0.05) is 5.92 Å². The molecular formula is C14H7F3N. The second kappa shape index (κ2) is 4.84. The Kier molecular flexibility index (Phi) is 3.24. The average molecular weight is 246 g/mol. The highest BCUT2D eigenvalue weighted by Crippen LogP contribution is 2.23. The van der Waals surface area contributed by atoms with Crippen molar-refractivity contribution in [2.75, 3.05) is 5.32 Å². The molecule has 89 valence electrons. The number of hydrogen-bond acceptors (Lipinski definition) is 1. The summed E-state index contributed by atoms with van der Waals surface area (Å²) in [7, 11) is 0. The Morgan fingerprint density at radius 1 is 1.11 bits per heavy atom. The highest BCUT2D eigenvalue weighted by atomic mass is 19.2. The topological polar surface area (TPSA) is 12.0 Å². The summed E-state index contributed by atoms with van der Waals surface area (Å²) in [5, 5.41) is 2.42. The van der Waals surface area contributed by atoms with E-state index in [2.05, 4.69) is 17.3 Å². The van der Waals surface area contributed by atoms with Gasteiger partial charge in [0.25, 0.3) is 0 Å². The number of terminal acetylenes is 1. The van der Waals surface area contributed by atoms with Gasteiger partial charge in [0.1, 0.15) is 5.82 Å². The molecule has 0 bridgehead atoms. The van der Waals surface area contributed by atoms with Gasteiger partial charge < -0.3 is 5.32 Å². The molecule has 0 aromatic heterocycles. The van der Waals surface area contributed by atoms with Crippen LogP contribution in [0.4, 0.5) is 24.5 Å². The molecule has 2 aromatic rings. The third-order valence-corrected chi connectivity index (χ3v) is 2.28. The van der Waals surface area contributed by atoms with E-state index in [1.54, 1.807) is 0 Å². The zero-order chi connectivity index (χ0) is 13.1. The Bertz CT molecular complexity index is 629. The number of anilines is 2. The van der Waals surface area contributed by atoms with Crippen LogP contribution in [0, 0.1) is 35.9 Å². The summed E-state index contributed by atoms with van der Waals surface area (Å²) in [6.45, 7) is 0. The predicted molar refractivity (Wildman–Crippen MR) is 62.8 cm³/mol. The Morgan fingerprint density at radius 2 is 1.89 bits per heavy atom. The Morgan fingerprint density at radius 3 is 2.56 bits per heavy atom. The molecule has 0 fully saturated rings. The fourth-order valence-corrected chi connectivity index (χ4v) is 1.39. The van der Waals surface area contributed by atoms with Crippen LogP contribution in [0.2, 0.25) is 0 Å². The van der Waals surface area contributed by atoms with Crippen LogP contribution >= 0.6 is 0 Å². The van der Waals surface area contributed by atoms with Crippen LogP contribution in [0.3, 0.4) is 0 Å². The third kappa shape index (κ3) is 2.30. The van der Waals surface area contributed by atoms with Gasteiger partial charge in [0, 0.05) is 11.6 Å². The summed E-state index contributed by atoms with van der Waals surface area (Å²) < 4.78 is 39.9. The third-order valence-electron chi connectivity index (χ3n) is 2.28. The van der Waals surface area contributed by atoms with E-state index < -0.39 is 17.5 Å². The molecule has 0 amide bonds. The molecule has 0 saturated carbocycles. The second-order valence-corrected chi connectivity index (χ2v) is 3.48. The molecule has 0 atom stereocenters. The van der Waals surface area contributed by atoms with Crippen molar-refractivity contribution in [2.45, 2.75) is 0 Å². The zero-order valence-corrected chi connectivity index (χ0v) is 9.10. The Hall–Kier alpha value is -2.41. The molecule has 1 radical (unpaired) electrons. The van der Waals surface area contributed by atoms with Crippen LogP contribution in [0.5, 0.6) is 0 Å². The highest BCUT2D eigenvalue weighted by molar-refractivity contribution is 5.61. The lowest BCUT2D eigenvalue weighted by Crippen LogP contribution is -1.98. The van der Waals surface area contributed by atoms with E-state index in [4.69, 9.17) is 6.42 Å². The minimum atomic E-state index is -1.11. The molecular weight excluding hydrogens is 239 g/mol. The van der Waals surface area contributed by atoms with Gasteiger partial charge in [-0.2, -0.15) is 0 Å². The van der Waals surface area contributed by atoms with E-state index in [1.807, 2.05) is 0 Å². The number of rotatable bonds is 2. The smallest absolute Gasteiger partial charge is 0.182 e. The fourth-order valence-electron chi connectivity index (χ4n) is 1.39. The number of hydrogen-bond donors (Lipinski definition) is 1. The predicted octanol–water partition coefficient (Wildman–Crippen LogP) is 3.63. The first-order valence-electron chi connectivity index (χ1n) is 5.00. The van der Waals surface area contributed by atoms with Gasteiger partial charge in [-0.3, -0.25) is 0 Å². The molecule has 4 heteroatoms. The monoisotopic (exact) mass is 246 g/mol. The molecule has 18 heavy (non-hydrogen) atoms. The van der Waals surface area contributed by atoms with Gasteiger partial charge in [-0.15, -0.1) is 6.42 Å². The summed E-state index contributed by atoms with van der Waals surface area (Å²) in [5.74, 6) is -0.524. The SMILES string of the molecule is C#Cc1ccc(Nc2[c]ccc(F)c2F)c(F)c1. The Balaban J connectivity index is 2.35. The Labute approximate surface area is 102 Å². The first kappa shape index (κ1) is 12.1. The first-order chi connectivity index (χ1) is 8.61. The van der Waals surface area contributed by atoms with Gasteiger partial charge in [-0.25, -0.2) is 13.2 Å². The van der Waals surface area contributed by atoms with Crippen molar-refractivity contribution in [1.82, 2.24) is 0 Å². The molecule has 0 heterocycles. The van der Waals surface area contributed by atoms with E-state index in [0.717, 1.165) is 12.1 Å². The molecule has 1 N–H and O–H groups in total.